The van der Waals surface area contributed by atoms with Crippen molar-refractivity contribution < 1.29 is 19.2 Å². The van der Waals surface area contributed by atoms with Gasteiger partial charge in [0, 0.05) is 18.4 Å². The average molecular weight is 276 g/mol. The van der Waals surface area contributed by atoms with Crippen LogP contribution in [0.2, 0.25) is 0 Å². The Labute approximate surface area is 116 Å². The third-order valence-corrected chi connectivity index (χ3v) is 2.90. The number of rotatable bonds is 6. The largest absolute Gasteiger partial charge is 0.397 e. The summed E-state index contributed by atoms with van der Waals surface area (Å²) in [6.07, 6.45) is -0.0269. The number of hydrogen-bond donors (Lipinski definition) is 2. The van der Waals surface area contributed by atoms with E-state index >= 15 is 0 Å². The molecule has 0 amide bonds. The fourth-order valence-corrected chi connectivity index (χ4v) is 1.68. The Kier molecular flexibility index (Phi) is 4.74. The van der Waals surface area contributed by atoms with E-state index < -0.39 is 23.1 Å². The molecule has 0 fully saturated rings. The van der Waals surface area contributed by atoms with E-state index in [2.05, 4.69) is 0 Å². The maximum atomic E-state index is 12.0. The summed E-state index contributed by atoms with van der Waals surface area (Å²) in [4.78, 5) is 47.1. The highest BCUT2D eigenvalue weighted by atomic mass is 16.2. The first-order chi connectivity index (χ1) is 9.34. The summed E-state index contributed by atoms with van der Waals surface area (Å²) in [6, 6.07) is 2.58. The van der Waals surface area contributed by atoms with Gasteiger partial charge in [-0.2, -0.15) is 0 Å². The quantitative estimate of drug-likeness (QED) is 0.457. The van der Waals surface area contributed by atoms with Crippen molar-refractivity contribution in [1.29, 1.82) is 0 Å². The highest BCUT2D eigenvalue weighted by molar-refractivity contribution is 6.50. The van der Waals surface area contributed by atoms with Gasteiger partial charge >= 0.3 is 0 Å². The molecule has 0 aliphatic carbocycles. The number of nitrogens with two attached hydrogens (primary N) is 2. The van der Waals surface area contributed by atoms with Gasteiger partial charge in [-0.25, -0.2) is 0 Å². The molecule has 1 aromatic carbocycles. The molecule has 0 atom stereocenters. The highest BCUT2D eigenvalue weighted by Gasteiger charge is 2.27. The molecule has 4 N–H and O–H groups in total. The van der Waals surface area contributed by atoms with Gasteiger partial charge in [-0.15, -0.1) is 0 Å². The van der Waals surface area contributed by atoms with E-state index in [-0.39, 0.29) is 35.3 Å². The molecule has 6 nitrogen and oxygen atoms in total. The van der Waals surface area contributed by atoms with E-state index in [9.17, 15) is 19.2 Å². The Bertz CT molecular complexity index is 605. The van der Waals surface area contributed by atoms with Gasteiger partial charge in [-0.1, -0.05) is 13.8 Å². The van der Waals surface area contributed by atoms with Gasteiger partial charge in [0.2, 0.25) is 23.1 Å². The zero-order valence-corrected chi connectivity index (χ0v) is 11.4. The lowest BCUT2D eigenvalue weighted by Gasteiger charge is -2.11. The van der Waals surface area contributed by atoms with Crippen molar-refractivity contribution in [2.24, 2.45) is 0 Å². The number of anilines is 2. The molecule has 6 heteroatoms. The van der Waals surface area contributed by atoms with E-state index in [0.29, 0.717) is 0 Å². The van der Waals surface area contributed by atoms with Gasteiger partial charge < -0.3 is 11.5 Å². The lowest BCUT2D eigenvalue weighted by Crippen LogP contribution is -2.23. The lowest BCUT2D eigenvalue weighted by molar-refractivity contribution is -0.115. The molecule has 106 valence electrons. The van der Waals surface area contributed by atoms with Crippen LogP contribution >= 0.6 is 0 Å². The fraction of sp³-hybridized carbons (Fsp3) is 0.286. The molecule has 0 unspecified atom stereocenters. The predicted molar refractivity (Wildman–Crippen MR) is 74.5 cm³/mol. The maximum absolute atomic E-state index is 12.0. The SMILES string of the molecule is CCC(=O)C(=O)c1ccc(N)c(N)c1C(=O)C(=O)CC. The van der Waals surface area contributed by atoms with Gasteiger partial charge in [0.25, 0.3) is 0 Å². The van der Waals surface area contributed by atoms with Crippen molar-refractivity contribution in [2.75, 3.05) is 11.5 Å². The smallest absolute Gasteiger partial charge is 0.231 e. The van der Waals surface area contributed by atoms with Crippen LogP contribution in [0.1, 0.15) is 47.4 Å². The second-order valence-electron chi connectivity index (χ2n) is 4.20. The molecule has 0 aromatic heterocycles. The zero-order chi connectivity index (χ0) is 15.4. The molecule has 0 bridgehead atoms. The van der Waals surface area contributed by atoms with Crippen LogP contribution in [-0.4, -0.2) is 23.1 Å². The molecule has 0 spiro atoms. The van der Waals surface area contributed by atoms with Crippen molar-refractivity contribution in [3.05, 3.63) is 23.3 Å². The molecule has 0 aliphatic rings. The number of nitrogen functional groups attached to an aromatic ring is 2. The molecule has 0 saturated heterocycles. The minimum absolute atomic E-state index is 0.00152. The maximum Gasteiger partial charge on any atom is 0.231 e. The van der Waals surface area contributed by atoms with Gasteiger partial charge in [0.1, 0.15) is 0 Å². The second-order valence-corrected chi connectivity index (χ2v) is 4.20. The first kappa shape index (κ1) is 15.6. The molecule has 0 heterocycles. The number of carbonyl (C=O) groups is 4. The summed E-state index contributed by atoms with van der Waals surface area (Å²) in [5.41, 5.74) is 10.8. The summed E-state index contributed by atoms with van der Waals surface area (Å²) in [5, 5.41) is 0. The predicted octanol–water partition coefficient (Wildman–Crippen LogP) is 1.17. The summed E-state index contributed by atoms with van der Waals surface area (Å²) in [5.74, 6) is -3.09. The summed E-state index contributed by atoms with van der Waals surface area (Å²) >= 11 is 0. The summed E-state index contributed by atoms with van der Waals surface area (Å²) in [7, 11) is 0. The molecular formula is C14H16N2O4. The minimum Gasteiger partial charge on any atom is -0.397 e. The van der Waals surface area contributed by atoms with Gasteiger partial charge in [0.05, 0.1) is 16.9 Å². The minimum atomic E-state index is -0.899. The Morgan fingerprint density at radius 1 is 0.900 bits per heavy atom. The first-order valence-corrected chi connectivity index (χ1v) is 6.18. The van der Waals surface area contributed by atoms with Crippen LogP contribution in [0.4, 0.5) is 11.4 Å². The Hall–Kier alpha value is -2.50. The number of ketones is 4. The first-order valence-electron chi connectivity index (χ1n) is 6.18. The zero-order valence-electron chi connectivity index (χ0n) is 11.4. The standard InChI is InChI=1S/C14H16N2O4/c1-3-9(17)13(19)7-5-6-8(15)12(16)11(7)14(20)10(18)4-2/h5-6H,3-4,15-16H2,1-2H3. The van der Waals surface area contributed by atoms with Gasteiger partial charge in [-0.05, 0) is 12.1 Å². The van der Waals surface area contributed by atoms with E-state index in [1.807, 2.05) is 0 Å². The van der Waals surface area contributed by atoms with Crippen LogP contribution in [0.3, 0.4) is 0 Å². The molecule has 0 saturated carbocycles. The summed E-state index contributed by atoms with van der Waals surface area (Å²) in [6.45, 7) is 3.04. The van der Waals surface area contributed by atoms with Crippen molar-refractivity contribution >= 4 is 34.5 Å². The van der Waals surface area contributed by atoms with Crippen molar-refractivity contribution in [3.63, 3.8) is 0 Å². The van der Waals surface area contributed by atoms with E-state index in [0.717, 1.165) is 0 Å². The van der Waals surface area contributed by atoms with Gasteiger partial charge in [0.15, 0.2) is 0 Å². The van der Waals surface area contributed by atoms with Crippen LogP contribution in [0.25, 0.3) is 0 Å². The number of Topliss-reactive ketones (excluding diaryl/α,β-unsaturated/α-hetero) is 4. The van der Waals surface area contributed by atoms with Crippen molar-refractivity contribution in [3.8, 4) is 0 Å². The van der Waals surface area contributed by atoms with Crippen LogP contribution in [0.15, 0.2) is 12.1 Å². The van der Waals surface area contributed by atoms with Crippen LogP contribution in [-0.2, 0) is 9.59 Å². The van der Waals surface area contributed by atoms with Crippen molar-refractivity contribution in [2.45, 2.75) is 26.7 Å². The number of carbonyl (C=O) groups excluding carboxylic acids is 4. The fourth-order valence-electron chi connectivity index (χ4n) is 1.68. The normalized spacial score (nSPS) is 10.1. The topological polar surface area (TPSA) is 120 Å². The summed E-state index contributed by atoms with van der Waals surface area (Å²) < 4.78 is 0. The third-order valence-electron chi connectivity index (χ3n) is 2.90. The molecule has 1 aromatic rings. The van der Waals surface area contributed by atoms with E-state index in [4.69, 9.17) is 11.5 Å². The van der Waals surface area contributed by atoms with Crippen LogP contribution < -0.4 is 11.5 Å². The number of benzene rings is 1. The van der Waals surface area contributed by atoms with Crippen LogP contribution in [0.5, 0.6) is 0 Å². The molecule has 0 aliphatic heterocycles. The third kappa shape index (κ3) is 2.74. The molecular weight excluding hydrogens is 260 g/mol. The van der Waals surface area contributed by atoms with E-state index in [1.165, 1.54) is 26.0 Å². The Balaban J connectivity index is 3.51. The molecule has 1 rings (SSSR count). The van der Waals surface area contributed by atoms with Crippen molar-refractivity contribution in [1.82, 2.24) is 0 Å². The van der Waals surface area contributed by atoms with E-state index in [1.54, 1.807) is 0 Å². The molecule has 0 radical (unpaired) electrons. The monoisotopic (exact) mass is 276 g/mol. The Morgan fingerprint density at radius 3 is 1.90 bits per heavy atom. The second kappa shape index (κ2) is 6.10. The lowest BCUT2D eigenvalue weighted by atomic mass is 9.93. The van der Waals surface area contributed by atoms with Gasteiger partial charge in [-0.3, -0.25) is 19.2 Å². The highest BCUT2D eigenvalue weighted by Crippen LogP contribution is 2.26. The average Bonchev–Trinajstić information content (AvgIpc) is 2.46. The van der Waals surface area contributed by atoms with Crippen LogP contribution in [0, 0.1) is 0 Å². The Morgan fingerprint density at radius 2 is 1.40 bits per heavy atom. The number of hydrogen-bond acceptors (Lipinski definition) is 6. The molecule has 20 heavy (non-hydrogen) atoms.